The number of primary amides is 1. The van der Waals surface area contributed by atoms with Crippen molar-refractivity contribution in [2.24, 2.45) is 11.7 Å². The molecule has 1 aromatic rings. The minimum Gasteiger partial charge on any atom is -0.398 e. The monoisotopic (exact) mass is 244 g/mol. The largest absolute Gasteiger partial charge is 0.398 e. The van der Waals surface area contributed by atoms with Gasteiger partial charge in [-0.1, -0.05) is 0 Å². The molecule has 2 rings (SSSR count). The van der Waals surface area contributed by atoms with E-state index < -0.39 is 0 Å². The van der Waals surface area contributed by atoms with E-state index in [0.717, 1.165) is 31.6 Å². The molecule has 1 aliphatic rings. The van der Waals surface area contributed by atoms with Gasteiger partial charge in [-0.3, -0.25) is 4.79 Å². The average molecular weight is 244 g/mol. The van der Waals surface area contributed by atoms with Crippen LogP contribution in [0.1, 0.15) is 18.4 Å². The Morgan fingerprint density at radius 2 is 2.06 bits per heavy atom. The van der Waals surface area contributed by atoms with Crippen molar-refractivity contribution in [1.82, 2.24) is 0 Å². The molecule has 94 valence electrons. The Bertz CT molecular complexity index is 498. The lowest BCUT2D eigenvalue weighted by Gasteiger charge is -2.32. The van der Waals surface area contributed by atoms with Crippen molar-refractivity contribution in [3.05, 3.63) is 23.8 Å². The predicted molar refractivity (Wildman–Crippen MR) is 69.7 cm³/mol. The van der Waals surface area contributed by atoms with E-state index in [9.17, 15) is 4.79 Å². The maximum absolute atomic E-state index is 11.1. The van der Waals surface area contributed by atoms with Crippen molar-refractivity contribution in [3.63, 3.8) is 0 Å². The maximum atomic E-state index is 11.1. The smallest absolute Gasteiger partial charge is 0.220 e. The van der Waals surface area contributed by atoms with E-state index in [-0.39, 0.29) is 11.8 Å². The predicted octanol–water partition coefficient (Wildman–Crippen LogP) is 0.842. The van der Waals surface area contributed by atoms with Gasteiger partial charge in [0.2, 0.25) is 5.91 Å². The number of nitrogens with zero attached hydrogens (tertiary/aromatic N) is 2. The fraction of sp³-hybridized carbons (Fsp3) is 0.385. The lowest BCUT2D eigenvalue weighted by Crippen LogP contribution is -2.38. The first-order chi connectivity index (χ1) is 8.61. The van der Waals surface area contributed by atoms with Crippen LogP contribution in [0.3, 0.4) is 0 Å². The number of piperidine rings is 1. The molecular formula is C13H16N4O. The molecular weight excluding hydrogens is 228 g/mol. The Hall–Kier alpha value is -2.22. The molecule has 1 aliphatic heterocycles. The molecule has 5 nitrogen and oxygen atoms in total. The fourth-order valence-electron chi connectivity index (χ4n) is 2.26. The SMILES string of the molecule is N#Cc1cc(N2CCC(C(N)=O)CC2)ccc1N. The summed E-state index contributed by atoms with van der Waals surface area (Å²) in [6, 6.07) is 7.52. The fourth-order valence-corrected chi connectivity index (χ4v) is 2.26. The van der Waals surface area contributed by atoms with E-state index in [1.807, 2.05) is 6.07 Å². The van der Waals surface area contributed by atoms with E-state index in [2.05, 4.69) is 11.0 Å². The molecule has 0 unspecified atom stereocenters. The minimum atomic E-state index is -0.218. The van der Waals surface area contributed by atoms with Crippen LogP contribution in [0.15, 0.2) is 18.2 Å². The van der Waals surface area contributed by atoms with E-state index in [1.165, 1.54) is 0 Å². The molecule has 0 aromatic heterocycles. The molecule has 0 aliphatic carbocycles. The third-order valence-corrected chi connectivity index (χ3v) is 3.42. The minimum absolute atomic E-state index is 0.0227. The third kappa shape index (κ3) is 2.38. The highest BCUT2D eigenvalue weighted by molar-refractivity contribution is 5.77. The Balaban J connectivity index is 2.10. The Morgan fingerprint density at radius 1 is 1.39 bits per heavy atom. The average Bonchev–Trinajstić information content (AvgIpc) is 2.39. The lowest BCUT2D eigenvalue weighted by molar-refractivity contribution is -0.122. The molecule has 0 saturated carbocycles. The van der Waals surface area contributed by atoms with E-state index in [4.69, 9.17) is 16.7 Å². The van der Waals surface area contributed by atoms with E-state index in [1.54, 1.807) is 12.1 Å². The molecule has 1 saturated heterocycles. The van der Waals surface area contributed by atoms with Crippen LogP contribution in [0.25, 0.3) is 0 Å². The maximum Gasteiger partial charge on any atom is 0.220 e. The summed E-state index contributed by atoms with van der Waals surface area (Å²) < 4.78 is 0. The van der Waals surface area contributed by atoms with Crippen molar-refractivity contribution in [2.45, 2.75) is 12.8 Å². The van der Waals surface area contributed by atoms with E-state index in [0.29, 0.717) is 11.3 Å². The number of carbonyl (C=O) groups excluding carboxylic acids is 1. The second-order valence-electron chi connectivity index (χ2n) is 4.55. The van der Waals surface area contributed by atoms with E-state index >= 15 is 0 Å². The Labute approximate surface area is 106 Å². The molecule has 1 amide bonds. The van der Waals surface area contributed by atoms with Gasteiger partial charge < -0.3 is 16.4 Å². The van der Waals surface area contributed by atoms with Gasteiger partial charge in [0.1, 0.15) is 6.07 Å². The quantitative estimate of drug-likeness (QED) is 0.753. The lowest BCUT2D eigenvalue weighted by atomic mass is 9.96. The van der Waals surface area contributed by atoms with Crippen LogP contribution in [0.2, 0.25) is 0 Å². The summed E-state index contributed by atoms with van der Waals surface area (Å²) in [7, 11) is 0. The first-order valence-corrected chi connectivity index (χ1v) is 5.95. The zero-order chi connectivity index (χ0) is 13.1. The highest BCUT2D eigenvalue weighted by atomic mass is 16.1. The van der Waals surface area contributed by atoms with Gasteiger partial charge in [-0.25, -0.2) is 0 Å². The van der Waals surface area contributed by atoms with Crippen LogP contribution >= 0.6 is 0 Å². The highest BCUT2D eigenvalue weighted by Gasteiger charge is 2.23. The van der Waals surface area contributed by atoms with Gasteiger partial charge in [0.15, 0.2) is 0 Å². The van der Waals surface area contributed by atoms with Crippen molar-refractivity contribution in [2.75, 3.05) is 23.7 Å². The van der Waals surface area contributed by atoms with Crippen LogP contribution in [-0.4, -0.2) is 19.0 Å². The molecule has 0 radical (unpaired) electrons. The molecule has 0 spiro atoms. The Kier molecular flexibility index (Phi) is 3.38. The second kappa shape index (κ2) is 4.96. The summed E-state index contributed by atoms with van der Waals surface area (Å²) in [6.45, 7) is 1.56. The summed E-state index contributed by atoms with van der Waals surface area (Å²) in [6.07, 6.45) is 1.53. The summed E-state index contributed by atoms with van der Waals surface area (Å²) in [5.41, 5.74) is 12.9. The van der Waals surface area contributed by atoms with Crippen LogP contribution in [-0.2, 0) is 4.79 Å². The van der Waals surface area contributed by atoms with Crippen molar-refractivity contribution < 1.29 is 4.79 Å². The van der Waals surface area contributed by atoms with Crippen LogP contribution in [0.5, 0.6) is 0 Å². The van der Waals surface area contributed by atoms with Gasteiger partial charge in [-0.2, -0.15) is 5.26 Å². The summed E-state index contributed by atoms with van der Waals surface area (Å²) >= 11 is 0. The number of anilines is 2. The number of nitrogens with two attached hydrogens (primary N) is 2. The van der Waals surface area contributed by atoms with Crippen LogP contribution < -0.4 is 16.4 Å². The zero-order valence-corrected chi connectivity index (χ0v) is 10.1. The topological polar surface area (TPSA) is 96.1 Å². The highest BCUT2D eigenvalue weighted by Crippen LogP contribution is 2.25. The summed E-state index contributed by atoms with van der Waals surface area (Å²) in [5.74, 6) is -0.241. The van der Waals surface area contributed by atoms with Gasteiger partial charge >= 0.3 is 0 Å². The van der Waals surface area contributed by atoms with Gasteiger partial charge in [-0.15, -0.1) is 0 Å². The summed E-state index contributed by atoms with van der Waals surface area (Å²) in [5, 5.41) is 8.95. The van der Waals surface area contributed by atoms with Gasteiger partial charge in [-0.05, 0) is 31.0 Å². The molecule has 18 heavy (non-hydrogen) atoms. The number of nitrogen functional groups attached to an aromatic ring is 1. The normalized spacial score (nSPS) is 16.3. The van der Waals surface area contributed by atoms with Gasteiger partial charge in [0.05, 0.1) is 5.56 Å². The summed E-state index contributed by atoms with van der Waals surface area (Å²) in [4.78, 5) is 13.2. The zero-order valence-electron chi connectivity index (χ0n) is 10.1. The molecule has 1 heterocycles. The Morgan fingerprint density at radius 3 is 2.61 bits per heavy atom. The molecule has 4 N–H and O–H groups in total. The number of amides is 1. The molecule has 1 aromatic carbocycles. The molecule has 1 fully saturated rings. The molecule has 0 atom stereocenters. The van der Waals surface area contributed by atoms with Crippen LogP contribution in [0.4, 0.5) is 11.4 Å². The van der Waals surface area contributed by atoms with Crippen molar-refractivity contribution >= 4 is 17.3 Å². The third-order valence-electron chi connectivity index (χ3n) is 3.42. The number of carbonyl (C=O) groups is 1. The number of nitriles is 1. The van der Waals surface area contributed by atoms with Gasteiger partial charge in [0, 0.05) is 30.4 Å². The first-order valence-electron chi connectivity index (χ1n) is 5.95. The standard InChI is InChI=1S/C13H16N4O/c14-8-10-7-11(1-2-12(10)15)17-5-3-9(4-6-17)13(16)18/h1-2,7,9H,3-6,15H2,(H2,16,18). The van der Waals surface area contributed by atoms with Crippen LogP contribution in [0, 0.1) is 17.2 Å². The second-order valence-corrected chi connectivity index (χ2v) is 4.55. The number of rotatable bonds is 2. The number of benzene rings is 1. The molecule has 0 bridgehead atoms. The number of hydrogen-bond donors (Lipinski definition) is 2. The van der Waals surface area contributed by atoms with Gasteiger partial charge in [0.25, 0.3) is 0 Å². The molecule has 5 heteroatoms. The first kappa shape index (κ1) is 12.2. The van der Waals surface area contributed by atoms with Crippen molar-refractivity contribution in [1.29, 1.82) is 5.26 Å². The number of hydrogen-bond acceptors (Lipinski definition) is 4. The van der Waals surface area contributed by atoms with Crippen molar-refractivity contribution in [3.8, 4) is 6.07 Å².